The smallest absolute Gasteiger partial charge is 0.313 e. The van der Waals surface area contributed by atoms with E-state index in [9.17, 15) is 9.59 Å². The lowest BCUT2D eigenvalue weighted by Crippen LogP contribution is -2.26. The van der Waals surface area contributed by atoms with Crippen LogP contribution >= 0.6 is 0 Å². The maximum absolute atomic E-state index is 12.5. The van der Waals surface area contributed by atoms with Gasteiger partial charge in [-0.2, -0.15) is 0 Å². The van der Waals surface area contributed by atoms with Crippen LogP contribution in [0.1, 0.15) is 55.1 Å². The molecule has 0 saturated heterocycles. The van der Waals surface area contributed by atoms with Crippen LogP contribution in [-0.4, -0.2) is 17.4 Å². The Hall–Kier alpha value is -2.42. The van der Waals surface area contributed by atoms with Crippen LogP contribution in [0.15, 0.2) is 54.6 Å². The van der Waals surface area contributed by atoms with Gasteiger partial charge in [-0.25, -0.2) is 0 Å². The second-order valence-electron chi connectivity index (χ2n) is 6.58. The zero-order chi connectivity index (χ0) is 17.0. The highest BCUT2D eigenvalue weighted by molar-refractivity contribution is 6.09. The van der Waals surface area contributed by atoms with Gasteiger partial charge in [0.05, 0.1) is 5.92 Å². The standard InChI is InChI=1S/C20H22O3/c1-14(19(22)23-20(2,3)4)16-11-8-12-17(13-16)18(21)15-9-6-5-7-10-15/h5-14H,1-4H3. The molecule has 0 spiro atoms. The molecule has 0 aliphatic carbocycles. The molecule has 0 amide bonds. The third kappa shape index (κ3) is 4.52. The fourth-order valence-corrected chi connectivity index (χ4v) is 2.23. The van der Waals surface area contributed by atoms with Crippen molar-refractivity contribution in [2.24, 2.45) is 0 Å². The van der Waals surface area contributed by atoms with Gasteiger partial charge in [-0.3, -0.25) is 9.59 Å². The molecule has 2 aromatic rings. The highest BCUT2D eigenvalue weighted by atomic mass is 16.6. The lowest BCUT2D eigenvalue weighted by atomic mass is 9.95. The lowest BCUT2D eigenvalue weighted by Gasteiger charge is -2.22. The monoisotopic (exact) mass is 310 g/mol. The van der Waals surface area contributed by atoms with E-state index in [1.54, 1.807) is 37.3 Å². The van der Waals surface area contributed by atoms with Gasteiger partial charge >= 0.3 is 5.97 Å². The number of esters is 1. The molecule has 23 heavy (non-hydrogen) atoms. The summed E-state index contributed by atoms with van der Waals surface area (Å²) < 4.78 is 5.42. The third-order valence-electron chi connectivity index (χ3n) is 3.45. The Labute approximate surface area is 137 Å². The Morgan fingerprint density at radius 1 is 0.913 bits per heavy atom. The van der Waals surface area contributed by atoms with Crippen molar-refractivity contribution in [3.05, 3.63) is 71.3 Å². The van der Waals surface area contributed by atoms with Gasteiger partial charge in [0.2, 0.25) is 0 Å². The zero-order valence-corrected chi connectivity index (χ0v) is 14.0. The van der Waals surface area contributed by atoms with E-state index in [2.05, 4.69) is 0 Å². The van der Waals surface area contributed by atoms with E-state index >= 15 is 0 Å². The first-order valence-corrected chi connectivity index (χ1v) is 7.70. The summed E-state index contributed by atoms with van der Waals surface area (Å²) in [6.07, 6.45) is 0. The summed E-state index contributed by atoms with van der Waals surface area (Å²) in [5.41, 5.74) is 1.46. The fraction of sp³-hybridized carbons (Fsp3) is 0.300. The van der Waals surface area contributed by atoms with Crippen molar-refractivity contribution in [2.45, 2.75) is 39.2 Å². The molecule has 3 heteroatoms. The molecule has 0 aromatic heterocycles. The van der Waals surface area contributed by atoms with Crippen molar-refractivity contribution in [2.75, 3.05) is 0 Å². The minimum absolute atomic E-state index is 0.0520. The molecule has 0 N–H and O–H groups in total. The molecule has 2 aromatic carbocycles. The number of ether oxygens (including phenoxy) is 1. The van der Waals surface area contributed by atoms with Crippen molar-refractivity contribution < 1.29 is 14.3 Å². The predicted octanol–water partition coefficient (Wildman–Crippen LogP) is 4.36. The molecule has 0 bridgehead atoms. The number of rotatable bonds is 4. The van der Waals surface area contributed by atoms with Gasteiger partial charge < -0.3 is 4.74 Å². The number of ketones is 1. The summed E-state index contributed by atoms with van der Waals surface area (Å²) in [6, 6.07) is 16.3. The maximum atomic E-state index is 12.5. The molecule has 2 rings (SSSR count). The fourth-order valence-electron chi connectivity index (χ4n) is 2.23. The van der Waals surface area contributed by atoms with Gasteiger partial charge in [-0.15, -0.1) is 0 Å². The minimum Gasteiger partial charge on any atom is -0.460 e. The van der Waals surface area contributed by atoms with E-state index in [4.69, 9.17) is 4.74 Å². The average Bonchev–Trinajstić information content (AvgIpc) is 2.52. The van der Waals surface area contributed by atoms with Crippen molar-refractivity contribution >= 4 is 11.8 Å². The van der Waals surface area contributed by atoms with Gasteiger partial charge in [-0.05, 0) is 39.3 Å². The first kappa shape index (κ1) is 16.9. The number of hydrogen-bond acceptors (Lipinski definition) is 3. The van der Waals surface area contributed by atoms with Crippen LogP contribution in [0.2, 0.25) is 0 Å². The number of benzene rings is 2. The molecule has 0 heterocycles. The molecule has 1 unspecified atom stereocenters. The molecule has 0 fully saturated rings. The molecular weight excluding hydrogens is 288 g/mol. The van der Waals surface area contributed by atoms with Gasteiger partial charge in [0.1, 0.15) is 5.60 Å². The van der Waals surface area contributed by atoms with Crippen molar-refractivity contribution in [3.8, 4) is 0 Å². The highest BCUT2D eigenvalue weighted by Gasteiger charge is 2.23. The second kappa shape index (κ2) is 6.78. The number of carbonyl (C=O) groups excluding carboxylic acids is 2. The van der Waals surface area contributed by atoms with E-state index in [-0.39, 0.29) is 11.8 Å². The molecule has 1 atom stereocenters. The highest BCUT2D eigenvalue weighted by Crippen LogP contribution is 2.22. The van der Waals surface area contributed by atoms with Gasteiger partial charge in [0.25, 0.3) is 0 Å². The Balaban J connectivity index is 2.23. The second-order valence-corrected chi connectivity index (χ2v) is 6.58. The first-order valence-electron chi connectivity index (χ1n) is 7.70. The van der Waals surface area contributed by atoms with E-state index in [0.29, 0.717) is 11.1 Å². The van der Waals surface area contributed by atoms with Crippen LogP contribution in [0.25, 0.3) is 0 Å². The van der Waals surface area contributed by atoms with E-state index in [0.717, 1.165) is 5.56 Å². The van der Waals surface area contributed by atoms with Crippen LogP contribution in [0.4, 0.5) is 0 Å². The van der Waals surface area contributed by atoms with Crippen LogP contribution in [0.5, 0.6) is 0 Å². The average molecular weight is 310 g/mol. The molecule has 0 radical (unpaired) electrons. The lowest BCUT2D eigenvalue weighted by molar-refractivity contribution is -0.156. The SMILES string of the molecule is CC(C(=O)OC(C)(C)C)c1cccc(C(=O)c2ccccc2)c1. The number of hydrogen-bond donors (Lipinski definition) is 0. The van der Waals surface area contributed by atoms with Crippen LogP contribution in [0, 0.1) is 0 Å². The Bertz CT molecular complexity index is 696. The van der Waals surface area contributed by atoms with Gasteiger partial charge in [-0.1, -0.05) is 48.5 Å². The third-order valence-corrected chi connectivity index (χ3v) is 3.45. The van der Waals surface area contributed by atoms with E-state index < -0.39 is 11.5 Å². The quantitative estimate of drug-likeness (QED) is 0.622. The first-order chi connectivity index (χ1) is 10.8. The van der Waals surface area contributed by atoms with Crippen LogP contribution in [0.3, 0.4) is 0 Å². The summed E-state index contributed by atoms with van der Waals surface area (Å²) in [7, 11) is 0. The Kier molecular flexibility index (Phi) is 4.99. The number of carbonyl (C=O) groups is 2. The summed E-state index contributed by atoms with van der Waals surface area (Å²) in [6.45, 7) is 7.31. The van der Waals surface area contributed by atoms with E-state index in [1.165, 1.54) is 0 Å². The van der Waals surface area contributed by atoms with Crippen LogP contribution < -0.4 is 0 Å². The zero-order valence-electron chi connectivity index (χ0n) is 14.0. The molecule has 120 valence electrons. The molecule has 3 nitrogen and oxygen atoms in total. The minimum atomic E-state index is -0.525. The van der Waals surface area contributed by atoms with E-state index in [1.807, 2.05) is 45.0 Å². The topological polar surface area (TPSA) is 43.4 Å². The molecule has 0 saturated carbocycles. The van der Waals surface area contributed by atoms with Crippen molar-refractivity contribution in [1.82, 2.24) is 0 Å². The summed E-state index contributed by atoms with van der Waals surface area (Å²) >= 11 is 0. The normalized spacial score (nSPS) is 12.5. The molecule has 0 aliphatic rings. The summed E-state index contributed by atoms with van der Waals surface area (Å²) in [5, 5.41) is 0. The van der Waals surface area contributed by atoms with Crippen molar-refractivity contribution in [1.29, 1.82) is 0 Å². The molecule has 0 aliphatic heterocycles. The summed E-state index contributed by atoms with van der Waals surface area (Å²) in [4.78, 5) is 24.7. The summed E-state index contributed by atoms with van der Waals surface area (Å²) in [5.74, 6) is -0.761. The largest absolute Gasteiger partial charge is 0.460 e. The van der Waals surface area contributed by atoms with Crippen LogP contribution in [-0.2, 0) is 9.53 Å². The Morgan fingerprint density at radius 3 is 2.13 bits per heavy atom. The van der Waals surface area contributed by atoms with Gasteiger partial charge in [0, 0.05) is 11.1 Å². The van der Waals surface area contributed by atoms with Crippen molar-refractivity contribution in [3.63, 3.8) is 0 Å². The molecular formula is C20H22O3. The van der Waals surface area contributed by atoms with Gasteiger partial charge in [0.15, 0.2) is 5.78 Å². The predicted molar refractivity (Wildman–Crippen MR) is 90.6 cm³/mol. The maximum Gasteiger partial charge on any atom is 0.313 e. The Morgan fingerprint density at radius 2 is 1.52 bits per heavy atom.